The average molecular weight is 224 g/mol. The van der Waals surface area contributed by atoms with Crippen LogP contribution in [-0.4, -0.2) is 11.0 Å². The summed E-state index contributed by atoms with van der Waals surface area (Å²) in [6, 6.07) is 0.435. The van der Waals surface area contributed by atoms with Crippen LogP contribution >= 0.6 is 11.3 Å². The summed E-state index contributed by atoms with van der Waals surface area (Å²) < 4.78 is 0. The third kappa shape index (κ3) is 2.40. The van der Waals surface area contributed by atoms with E-state index in [0.717, 1.165) is 19.3 Å². The van der Waals surface area contributed by atoms with Gasteiger partial charge >= 0.3 is 0 Å². The molecule has 0 atom stereocenters. The molecule has 1 saturated carbocycles. The van der Waals surface area contributed by atoms with Crippen molar-refractivity contribution >= 4 is 11.3 Å². The Kier molecular flexibility index (Phi) is 3.12. The SMILES string of the molecule is Cc1nc(CC(C)C)sc1C1CC(N)C1. The minimum absolute atomic E-state index is 0.435. The van der Waals surface area contributed by atoms with Crippen molar-refractivity contribution in [2.75, 3.05) is 0 Å². The lowest BCUT2D eigenvalue weighted by molar-refractivity contribution is 0.354. The van der Waals surface area contributed by atoms with Crippen molar-refractivity contribution < 1.29 is 0 Å². The molecule has 0 aromatic carbocycles. The van der Waals surface area contributed by atoms with E-state index >= 15 is 0 Å². The lowest BCUT2D eigenvalue weighted by Gasteiger charge is -2.31. The van der Waals surface area contributed by atoms with Crippen molar-refractivity contribution in [1.29, 1.82) is 0 Å². The molecular formula is C12H20N2S. The zero-order valence-electron chi connectivity index (χ0n) is 9.79. The predicted octanol–water partition coefficient (Wildman–Crippen LogP) is 2.85. The molecule has 2 rings (SSSR count). The molecule has 15 heavy (non-hydrogen) atoms. The maximum atomic E-state index is 5.83. The Morgan fingerprint density at radius 1 is 1.47 bits per heavy atom. The summed E-state index contributed by atoms with van der Waals surface area (Å²) in [5.41, 5.74) is 7.07. The molecule has 0 bridgehead atoms. The topological polar surface area (TPSA) is 38.9 Å². The van der Waals surface area contributed by atoms with Crippen molar-refractivity contribution in [2.45, 2.75) is 52.0 Å². The van der Waals surface area contributed by atoms with Crippen LogP contribution in [0.1, 0.15) is 48.2 Å². The van der Waals surface area contributed by atoms with Crippen LogP contribution in [0.5, 0.6) is 0 Å². The summed E-state index contributed by atoms with van der Waals surface area (Å²) >= 11 is 1.91. The van der Waals surface area contributed by atoms with Gasteiger partial charge in [0, 0.05) is 17.3 Å². The number of aromatic nitrogens is 1. The summed E-state index contributed by atoms with van der Waals surface area (Å²) in [5.74, 6) is 1.41. The fraction of sp³-hybridized carbons (Fsp3) is 0.750. The maximum Gasteiger partial charge on any atom is 0.0933 e. The van der Waals surface area contributed by atoms with Crippen LogP contribution in [0.3, 0.4) is 0 Å². The molecule has 0 amide bonds. The number of aryl methyl sites for hydroxylation is 1. The molecule has 1 aliphatic carbocycles. The van der Waals surface area contributed by atoms with Gasteiger partial charge in [-0.2, -0.15) is 0 Å². The van der Waals surface area contributed by atoms with Gasteiger partial charge in [0.05, 0.1) is 10.7 Å². The highest BCUT2D eigenvalue weighted by Gasteiger charge is 2.30. The molecule has 0 radical (unpaired) electrons. The van der Waals surface area contributed by atoms with Gasteiger partial charge in [-0.3, -0.25) is 0 Å². The molecular weight excluding hydrogens is 204 g/mol. The van der Waals surface area contributed by atoms with Gasteiger partial charge in [-0.15, -0.1) is 11.3 Å². The molecule has 1 aliphatic rings. The first-order valence-corrected chi connectivity index (χ1v) is 6.59. The Bertz CT molecular complexity index is 337. The summed E-state index contributed by atoms with van der Waals surface area (Å²) in [4.78, 5) is 6.15. The predicted molar refractivity (Wildman–Crippen MR) is 65.3 cm³/mol. The maximum absolute atomic E-state index is 5.83. The second-order valence-electron chi connectivity index (χ2n) is 5.08. The Labute approximate surface area is 95.9 Å². The lowest BCUT2D eigenvalue weighted by Crippen LogP contribution is -2.34. The quantitative estimate of drug-likeness (QED) is 0.857. The molecule has 3 heteroatoms. The molecule has 1 aromatic rings. The largest absolute Gasteiger partial charge is 0.328 e. The van der Waals surface area contributed by atoms with Crippen molar-refractivity contribution in [3.8, 4) is 0 Å². The molecule has 0 unspecified atom stereocenters. The van der Waals surface area contributed by atoms with Gasteiger partial charge in [-0.25, -0.2) is 4.98 Å². The molecule has 2 N–H and O–H groups in total. The molecule has 84 valence electrons. The number of thiazole rings is 1. The van der Waals surface area contributed by atoms with Crippen LogP contribution in [0, 0.1) is 12.8 Å². The smallest absolute Gasteiger partial charge is 0.0933 e. The van der Waals surface area contributed by atoms with Crippen molar-refractivity contribution in [3.05, 3.63) is 15.6 Å². The van der Waals surface area contributed by atoms with Crippen molar-refractivity contribution in [2.24, 2.45) is 11.7 Å². The lowest BCUT2D eigenvalue weighted by atomic mass is 9.79. The van der Waals surface area contributed by atoms with Crippen LogP contribution in [0.25, 0.3) is 0 Å². The molecule has 1 heterocycles. The third-order valence-corrected chi connectivity index (χ3v) is 4.35. The van der Waals surface area contributed by atoms with Gasteiger partial charge in [-0.05, 0) is 31.6 Å². The van der Waals surface area contributed by atoms with E-state index in [0.29, 0.717) is 17.9 Å². The van der Waals surface area contributed by atoms with Crippen molar-refractivity contribution in [1.82, 2.24) is 4.98 Å². The molecule has 1 aromatic heterocycles. The highest BCUT2D eigenvalue weighted by molar-refractivity contribution is 7.11. The van der Waals surface area contributed by atoms with Gasteiger partial charge in [0.1, 0.15) is 0 Å². The Morgan fingerprint density at radius 2 is 2.13 bits per heavy atom. The fourth-order valence-electron chi connectivity index (χ4n) is 2.16. The monoisotopic (exact) mass is 224 g/mol. The zero-order valence-corrected chi connectivity index (χ0v) is 10.6. The van der Waals surface area contributed by atoms with Crippen LogP contribution in [0.15, 0.2) is 0 Å². The summed E-state index contributed by atoms with van der Waals surface area (Å²) in [5, 5.41) is 1.30. The summed E-state index contributed by atoms with van der Waals surface area (Å²) in [7, 11) is 0. The second-order valence-corrected chi connectivity index (χ2v) is 6.20. The van der Waals surface area contributed by atoms with Gasteiger partial charge in [0.2, 0.25) is 0 Å². The number of hydrogen-bond acceptors (Lipinski definition) is 3. The third-order valence-electron chi connectivity index (χ3n) is 3.00. The van der Waals surface area contributed by atoms with Crippen molar-refractivity contribution in [3.63, 3.8) is 0 Å². The van der Waals surface area contributed by atoms with Crippen LogP contribution in [-0.2, 0) is 6.42 Å². The number of rotatable bonds is 3. The fourth-order valence-corrected chi connectivity index (χ4v) is 3.56. The molecule has 2 nitrogen and oxygen atoms in total. The van der Waals surface area contributed by atoms with E-state index in [4.69, 9.17) is 5.73 Å². The zero-order chi connectivity index (χ0) is 11.0. The van der Waals surface area contributed by atoms with Gasteiger partial charge in [0.15, 0.2) is 0 Å². The van der Waals surface area contributed by atoms with E-state index in [2.05, 4.69) is 25.8 Å². The Morgan fingerprint density at radius 3 is 2.67 bits per heavy atom. The van der Waals surface area contributed by atoms with Crippen LogP contribution in [0.4, 0.5) is 0 Å². The summed E-state index contributed by atoms with van der Waals surface area (Å²) in [6.07, 6.45) is 3.43. The normalized spacial score (nSPS) is 25.7. The van der Waals surface area contributed by atoms with Gasteiger partial charge in [-0.1, -0.05) is 13.8 Å². The van der Waals surface area contributed by atoms with E-state index in [1.165, 1.54) is 15.6 Å². The Hall–Kier alpha value is -0.410. The molecule has 0 saturated heterocycles. The second kappa shape index (κ2) is 4.22. The number of nitrogens with zero attached hydrogens (tertiary/aromatic N) is 1. The number of nitrogens with two attached hydrogens (primary N) is 1. The minimum atomic E-state index is 0.435. The molecule has 0 aliphatic heterocycles. The van der Waals surface area contributed by atoms with Crippen LogP contribution < -0.4 is 5.73 Å². The van der Waals surface area contributed by atoms with E-state index in [1.807, 2.05) is 11.3 Å². The average Bonchev–Trinajstić information content (AvgIpc) is 2.40. The highest BCUT2D eigenvalue weighted by Crippen LogP contribution is 2.40. The summed E-state index contributed by atoms with van der Waals surface area (Å²) in [6.45, 7) is 6.63. The van der Waals surface area contributed by atoms with E-state index in [9.17, 15) is 0 Å². The minimum Gasteiger partial charge on any atom is -0.328 e. The first-order valence-electron chi connectivity index (χ1n) is 5.78. The first kappa shape index (κ1) is 11.1. The number of hydrogen-bond donors (Lipinski definition) is 1. The first-order chi connectivity index (χ1) is 7.06. The van der Waals surface area contributed by atoms with E-state index in [-0.39, 0.29) is 0 Å². The highest BCUT2D eigenvalue weighted by atomic mass is 32.1. The van der Waals surface area contributed by atoms with Crippen LogP contribution in [0.2, 0.25) is 0 Å². The molecule has 0 spiro atoms. The van der Waals surface area contributed by atoms with Gasteiger partial charge < -0.3 is 5.73 Å². The standard InChI is InChI=1S/C12H20N2S/c1-7(2)4-11-14-8(3)12(15-11)9-5-10(13)6-9/h7,9-10H,4-6,13H2,1-3H3. The van der Waals surface area contributed by atoms with E-state index < -0.39 is 0 Å². The Balaban J connectivity index is 2.08. The molecule has 1 fully saturated rings. The van der Waals surface area contributed by atoms with Gasteiger partial charge in [0.25, 0.3) is 0 Å². The van der Waals surface area contributed by atoms with E-state index in [1.54, 1.807) is 0 Å².